The second-order valence-corrected chi connectivity index (χ2v) is 7.16. The molecule has 2 N–H and O–H groups in total. The van der Waals surface area contributed by atoms with Gasteiger partial charge in [-0.1, -0.05) is 73.1 Å². The summed E-state index contributed by atoms with van der Waals surface area (Å²) in [5, 5.41) is 0. The SMILES string of the molecule is Cc1c(Br)cccc1C(N)c1ccc(C(C)(C)C)cc1. The molecule has 0 saturated carbocycles. The lowest BCUT2D eigenvalue weighted by molar-refractivity contribution is 0.589. The Kier molecular flexibility index (Phi) is 4.36. The molecule has 20 heavy (non-hydrogen) atoms. The number of hydrogen-bond donors (Lipinski definition) is 1. The minimum Gasteiger partial charge on any atom is -0.320 e. The molecule has 2 heteroatoms. The summed E-state index contributed by atoms with van der Waals surface area (Å²) in [4.78, 5) is 0. The first-order valence-electron chi connectivity index (χ1n) is 6.92. The lowest BCUT2D eigenvalue weighted by Gasteiger charge is -2.21. The van der Waals surface area contributed by atoms with Gasteiger partial charge in [-0.15, -0.1) is 0 Å². The van der Waals surface area contributed by atoms with Gasteiger partial charge in [0.25, 0.3) is 0 Å². The molecular weight excluding hydrogens is 310 g/mol. The zero-order valence-corrected chi connectivity index (χ0v) is 14.2. The van der Waals surface area contributed by atoms with Crippen molar-refractivity contribution in [2.45, 2.75) is 39.2 Å². The van der Waals surface area contributed by atoms with Crippen LogP contribution in [0.3, 0.4) is 0 Å². The predicted molar refractivity (Wildman–Crippen MR) is 90.1 cm³/mol. The van der Waals surface area contributed by atoms with E-state index in [0.717, 1.165) is 10.0 Å². The van der Waals surface area contributed by atoms with Gasteiger partial charge >= 0.3 is 0 Å². The van der Waals surface area contributed by atoms with Crippen LogP contribution < -0.4 is 5.73 Å². The normalized spacial score (nSPS) is 13.3. The quantitative estimate of drug-likeness (QED) is 0.813. The minimum absolute atomic E-state index is 0.0819. The van der Waals surface area contributed by atoms with E-state index in [4.69, 9.17) is 5.73 Å². The van der Waals surface area contributed by atoms with E-state index in [2.05, 4.69) is 74.0 Å². The first-order valence-corrected chi connectivity index (χ1v) is 7.71. The average Bonchev–Trinajstić information content (AvgIpc) is 2.40. The third kappa shape index (κ3) is 3.13. The van der Waals surface area contributed by atoms with E-state index in [-0.39, 0.29) is 11.5 Å². The zero-order valence-electron chi connectivity index (χ0n) is 12.6. The van der Waals surface area contributed by atoms with Crippen LogP contribution in [0.1, 0.15) is 49.1 Å². The van der Waals surface area contributed by atoms with Crippen LogP contribution in [-0.2, 0) is 5.41 Å². The fourth-order valence-electron chi connectivity index (χ4n) is 2.33. The summed E-state index contributed by atoms with van der Waals surface area (Å²) in [5.41, 5.74) is 11.5. The molecule has 2 aromatic rings. The van der Waals surface area contributed by atoms with Gasteiger partial charge in [0, 0.05) is 4.47 Å². The van der Waals surface area contributed by atoms with Crippen molar-refractivity contribution in [3.05, 3.63) is 69.2 Å². The Balaban J connectivity index is 2.34. The second kappa shape index (κ2) is 5.71. The Morgan fingerprint density at radius 1 is 1.00 bits per heavy atom. The van der Waals surface area contributed by atoms with E-state index < -0.39 is 0 Å². The summed E-state index contributed by atoms with van der Waals surface area (Å²) in [6.07, 6.45) is 0. The molecule has 0 aliphatic heterocycles. The Bertz CT molecular complexity index is 594. The van der Waals surface area contributed by atoms with E-state index in [1.807, 2.05) is 12.1 Å². The van der Waals surface area contributed by atoms with Crippen molar-refractivity contribution in [2.24, 2.45) is 5.73 Å². The third-order valence-corrected chi connectivity index (χ3v) is 4.64. The van der Waals surface area contributed by atoms with E-state index >= 15 is 0 Å². The summed E-state index contributed by atoms with van der Waals surface area (Å²) >= 11 is 3.57. The van der Waals surface area contributed by atoms with Crippen LogP contribution in [0.2, 0.25) is 0 Å². The average molecular weight is 332 g/mol. The second-order valence-electron chi connectivity index (χ2n) is 6.30. The molecule has 0 bridgehead atoms. The summed E-state index contributed by atoms with van der Waals surface area (Å²) in [6, 6.07) is 14.8. The standard InChI is InChI=1S/C18H22BrN/c1-12-15(6-5-7-16(12)19)17(20)13-8-10-14(11-9-13)18(2,3)4/h5-11,17H,20H2,1-4H3. The van der Waals surface area contributed by atoms with Crippen molar-refractivity contribution in [3.63, 3.8) is 0 Å². The number of rotatable bonds is 2. The fraction of sp³-hybridized carbons (Fsp3) is 0.333. The van der Waals surface area contributed by atoms with Gasteiger partial charge in [0.1, 0.15) is 0 Å². The zero-order chi connectivity index (χ0) is 14.9. The van der Waals surface area contributed by atoms with Gasteiger partial charge in [0.15, 0.2) is 0 Å². The largest absolute Gasteiger partial charge is 0.320 e. The van der Waals surface area contributed by atoms with Crippen LogP contribution >= 0.6 is 15.9 Å². The van der Waals surface area contributed by atoms with E-state index in [1.165, 1.54) is 16.7 Å². The first kappa shape index (κ1) is 15.3. The van der Waals surface area contributed by atoms with Crippen LogP contribution in [0.15, 0.2) is 46.9 Å². The van der Waals surface area contributed by atoms with Crippen molar-refractivity contribution in [1.29, 1.82) is 0 Å². The molecule has 0 spiro atoms. The molecule has 0 fully saturated rings. The van der Waals surface area contributed by atoms with Crippen molar-refractivity contribution in [1.82, 2.24) is 0 Å². The molecule has 106 valence electrons. The molecule has 2 aromatic carbocycles. The molecule has 1 unspecified atom stereocenters. The topological polar surface area (TPSA) is 26.0 Å². The minimum atomic E-state index is -0.0819. The van der Waals surface area contributed by atoms with E-state index in [1.54, 1.807) is 0 Å². The number of hydrogen-bond acceptors (Lipinski definition) is 1. The highest BCUT2D eigenvalue weighted by molar-refractivity contribution is 9.10. The van der Waals surface area contributed by atoms with Gasteiger partial charge in [-0.25, -0.2) is 0 Å². The van der Waals surface area contributed by atoms with Crippen molar-refractivity contribution in [3.8, 4) is 0 Å². The van der Waals surface area contributed by atoms with Crippen LogP contribution in [0.25, 0.3) is 0 Å². The third-order valence-electron chi connectivity index (χ3n) is 3.78. The molecule has 0 radical (unpaired) electrons. The van der Waals surface area contributed by atoms with Crippen LogP contribution in [0, 0.1) is 6.92 Å². The molecule has 0 saturated heterocycles. The van der Waals surface area contributed by atoms with Gasteiger partial charge in [0.2, 0.25) is 0 Å². The van der Waals surface area contributed by atoms with E-state index in [9.17, 15) is 0 Å². The van der Waals surface area contributed by atoms with Crippen molar-refractivity contribution >= 4 is 15.9 Å². The molecule has 0 aliphatic carbocycles. The smallest absolute Gasteiger partial charge is 0.0554 e. The van der Waals surface area contributed by atoms with Crippen LogP contribution in [0.5, 0.6) is 0 Å². The van der Waals surface area contributed by atoms with Gasteiger partial charge in [-0.3, -0.25) is 0 Å². The summed E-state index contributed by atoms with van der Waals surface area (Å²) in [5.74, 6) is 0. The molecule has 0 aliphatic rings. The maximum absolute atomic E-state index is 6.42. The Morgan fingerprint density at radius 3 is 2.15 bits per heavy atom. The summed E-state index contributed by atoms with van der Waals surface area (Å²) in [7, 11) is 0. The highest BCUT2D eigenvalue weighted by Crippen LogP contribution is 2.29. The maximum Gasteiger partial charge on any atom is 0.0554 e. The molecular formula is C18H22BrN. The lowest BCUT2D eigenvalue weighted by Crippen LogP contribution is -2.15. The molecule has 2 rings (SSSR count). The molecule has 1 atom stereocenters. The molecule has 0 amide bonds. The van der Waals surface area contributed by atoms with Crippen LogP contribution in [0.4, 0.5) is 0 Å². The molecule has 0 aromatic heterocycles. The fourth-order valence-corrected chi connectivity index (χ4v) is 2.71. The molecule has 0 heterocycles. The van der Waals surface area contributed by atoms with Gasteiger partial charge < -0.3 is 5.73 Å². The highest BCUT2D eigenvalue weighted by atomic mass is 79.9. The first-order chi connectivity index (χ1) is 9.30. The van der Waals surface area contributed by atoms with Gasteiger partial charge in [0.05, 0.1) is 6.04 Å². The number of benzene rings is 2. The van der Waals surface area contributed by atoms with Gasteiger partial charge in [-0.05, 0) is 40.7 Å². The number of nitrogens with two attached hydrogens (primary N) is 1. The predicted octanol–water partition coefficient (Wildman–Crippen LogP) is 5.10. The monoisotopic (exact) mass is 331 g/mol. The Morgan fingerprint density at radius 2 is 1.60 bits per heavy atom. The number of halogens is 1. The Labute approximate surface area is 130 Å². The maximum atomic E-state index is 6.42. The van der Waals surface area contributed by atoms with Crippen molar-refractivity contribution in [2.75, 3.05) is 0 Å². The molecule has 1 nitrogen and oxygen atoms in total. The highest BCUT2D eigenvalue weighted by Gasteiger charge is 2.16. The summed E-state index contributed by atoms with van der Waals surface area (Å²) in [6.45, 7) is 8.77. The lowest BCUT2D eigenvalue weighted by atomic mass is 9.85. The summed E-state index contributed by atoms with van der Waals surface area (Å²) < 4.78 is 1.11. The van der Waals surface area contributed by atoms with Gasteiger partial charge in [-0.2, -0.15) is 0 Å². The Hall–Kier alpha value is -1.12. The van der Waals surface area contributed by atoms with E-state index in [0.29, 0.717) is 0 Å². The van der Waals surface area contributed by atoms with Crippen LogP contribution in [-0.4, -0.2) is 0 Å². The van der Waals surface area contributed by atoms with Crippen molar-refractivity contribution < 1.29 is 0 Å².